The Bertz CT molecular complexity index is 692. The molecule has 2 aromatic rings. The summed E-state index contributed by atoms with van der Waals surface area (Å²) in [6, 6.07) is 8.24. The van der Waals surface area contributed by atoms with Crippen molar-refractivity contribution >= 4 is 11.9 Å². The largest absolute Gasteiger partial charge is 0.497 e. The minimum atomic E-state index is -0.00230. The Hall–Kier alpha value is -2.44. The van der Waals surface area contributed by atoms with E-state index in [0.717, 1.165) is 25.0 Å². The second-order valence-electron chi connectivity index (χ2n) is 5.89. The third-order valence-electron chi connectivity index (χ3n) is 4.29. The lowest BCUT2D eigenvalue weighted by Crippen LogP contribution is -2.18. The summed E-state index contributed by atoms with van der Waals surface area (Å²) in [5.41, 5.74) is 1.17. The maximum absolute atomic E-state index is 12.3. The number of tetrazole rings is 1. The first-order valence-electron chi connectivity index (χ1n) is 7.49. The van der Waals surface area contributed by atoms with Gasteiger partial charge in [-0.1, -0.05) is 17.2 Å². The summed E-state index contributed by atoms with van der Waals surface area (Å²) < 4.78 is 6.86. The van der Waals surface area contributed by atoms with Crippen molar-refractivity contribution in [1.82, 2.24) is 20.2 Å². The molecule has 0 radical (unpaired) electrons. The molecule has 1 amide bonds. The summed E-state index contributed by atoms with van der Waals surface area (Å²) in [4.78, 5) is 12.3. The third kappa shape index (κ3) is 2.43. The molecule has 0 unspecified atom stereocenters. The van der Waals surface area contributed by atoms with Gasteiger partial charge in [0, 0.05) is 5.92 Å². The molecule has 2 fully saturated rings. The Labute approximate surface area is 127 Å². The Balaban J connectivity index is 1.40. The summed E-state index contributed by atoms with van der Waals surface area (Å²) in [5, 5.41) is 14.3. The van der Waals surface area contributed by atoms with Gasteiger partial charge in [0.15, 0.2) is 0 Å². The van der Waals surface area contributed by atoms with Crippen LogP contribution < -0.4 is 10.1 Å². The molecule has 2 aliphatic rings. The molecule has 0 spiro atoms. The molecule has 0 aliphatic heterocycles. The number of benzene rings is 1. The molecule has 7 nitrogen and oxygen atoms in total. The topological polar surface area (TPSA) is 81.9 Å². The van der Waals surface area contributed by atoms with Crippen molar-refractivity contribution in [2.24, 2.45) is 5.92 Å². The monoisotopic (exact) mass is 299 g/mol. The van der Waals surface area contributed by atoms with Crippen molar-refractivity contribution in [3.05, 3.63) is 29.8 Å². The maximum Gasteiger partial charge on any atom is 0.249 e. The minimum absolute atomic E-state index is 0.00209. The Morgan fingerprint density at radius 1 is 1.32 bits per heavy atom. The van der Waals surface area contributed by atoms with Crippen molar-refractivity contribution in [2.45, 2.75) is 31.2 Å². The Morgan fingerprint density at radius 3 is 2.77 bits per heavy atom. The van der Waals surface area contributed by atoms with E-state index in [4.69, 9.17) is 4.74 Å². The van der Waals surface area contributed by atoms with Gasteiger partial charge in [-0.15, -0.1) is 0 Å². The van der Waals surface area contributed by atoms with Gasteiger partial charge in [-0.3, -0.25) is 10.1 Å². The molecular formula is C15H17N5O2. The molecule has 1 aromatic carbocycles. The van der Waals surface area contributed by atoms with Crippen molar-refractivity contribution in [1.29, 1.82) is 0 Å². The molecule has 2 atom stereocenters. The number of carbonyl (C=O) groups excluding carboxylic acids is 1. The summed E-state index contributed by atoms with van der Waals surface area (Å²) in [6.45, 7) is 0. The molecule has 22 heavy (non-hydrogen) atoms. The van der Waals surface area contributed by atoms with Crippen LogP contribution in [-0.2, 0) is 4.79 Å². The fourth-order valence-electron chi connectivity index (χ4n) is 2.75. The quantitative estimate of drug-likeness (QED) is 0.909. The zero-order chi connectivity index (χ0) is 15.1. The van der Waals surface area contributed by atoms with Crippen molar-refractivity contribution in [3.63, 3.8) is 0 Å². The first-order valence-corrected chi connectivity index (χ1v) is 7.49. The Morgan fingerprint density at radius 2 is 2.09 bits per heavy atom. The van der Waals surface area contributed by atoms with Gasteiger partial charge in [-0.25, -0.2) is 4.68 Å². The third-order valence-corrected chi connectivity index (χ3v) is 4.29. The molecule has 2 saturated carbocycles. The second kappa shape index (κ2) is 5.08. The van der Waals surface area contributed by atoms with E-state index in [-0.39, 0.29) is 17.7 Å². The van der Waals surface area contributed by atoms with Gasteiger partial charge in [0.25, 0.3) is 0 Å². The highest BCUT2D eigenvalue weighted by Crippen LogP contribution is 2.48. The lowest BCUT2D eigenvalue weighted by molar-refractivity contribution is -0.117. The molecule has 1 heterocycles. The second-order valence-corrected chi connectivity index (χ2v) is 5.89. The summed E-state index contributed by atoms with van der Waals surface area (Å²) in [7, 11) is 1.65. The van der Waals surface area contributed by atoms with Crippen LogP contribution in [0.25, 0.3) is 0 Å². The number of hydrogen-bond acceptors (Lipinski definition) is 5. The molecule has 114 valence electrons. The van der Waals surface area contributed by atoms with Gasteiger partial charge < -0.3 is 4.74 Å². The first-order chi connectivity index (χ1) is 10.8. The van der Waals surface area contributed by atoms with Gasteiger partial charge in [0.1, 0.15) is 5.75 Å². The number of aromatic nitrogens is 4. The predicted octanol–water partition coefficient (Wildman–Crippen LogP) is 1.76. The smallest absolute Gasteiger partial charge is 0.249 e. The zero-order valence-corrected chi connectivity index (χ0v) is 12.3. The van der Waals surface area contributed by atoms with E-state index in [0.29, 0.717) is 12.0 Å². The average molecular weight is 299 g/mol. The maximum atomic E-state index is 12.3. The van der Waals surface area contributed by atoms with Gasteiger partial charge in [-0.05, 0) is 53.3 Å². The van der Waals surface area contributed by atoms with E-state index in [1.165, 1.54) is 5.56 Å². The fraction of sp³-hybridized carbons (Fsp3) is 0.467. The van der Waals surface area contributed by atoms with Crippen LogP contribution in [0.4, 0.5) is 5.95 Å². The molecule has 0 saturated heterocycles. The number of nitrogens with zero attached hydrogens (tertiary/aromatic N) is 4. The molecule has 4 rings (SSSR count). The summed E-state index contributed by atoms with van der Waals surface area (Å²) in [6.07, 6.45) is 3.01. The zero-order valence-electron chi connectivity index (χ0n) is 12.3. The molecular weight excluding hydrogens is 282 g/mol. The lowest BCUT2D eigenvalue weighted by Gasteiger charge is -2.05. The van der Waals surface area contributed by atoms with Crippen molar-refractivity contribution in [2.75, 3.05) is 12.4 Å². The average Bonchev–Trinajstić information content (AvgIpc) is 3.46. The van der Waals surface area contributed by atoms with E-state index in [2.05, 4.69) is 20.8 Å². The van der Waals surface area contributed by atoms with Crippen LogP contribution in [0, 0.1) is 5.92 Å². The van der Waals surface area contributed by atoms with E-state index in [1.807, 2.05) is 24.3 Å². The van der Waals surface area contributed by atoms with Crippen LogP contribution in [0.5, 0.6) is 5.75 Å². The number of ether oxygens (including phenoxy) is 1. The summed E-state index contributed by atoms with van der Waals surface area (Å²) >= 11 is 0. The van der Waals surface area contributed by atoms with Crippen LogP contribution in [0.2, 0.25) is 0 Å². The molecule has 7 heteroatoms. The van der Waals surface area contributed by atoms with E-state index in [9.17, 15) is 4.79 Å². The van der Waals surface area contributed by atoms with Gasteiger partial charge in [-0.2, -0.15) is 0 Å². The number of carbonyl (C=O) groups is 1. The number of anilines is 1. The highest BCUT2D eigenvalue weighted by atomic mass is 16.5. The predicted molar refractivity (Wildman–Crippen MR) is 78.6 cm³/mol. The van der Waals surface area contributed by atoms with Crippen LogP contribution in [0.1, 0.15) is 36.8 Å². The standard InChI is InChI=1S/C15H17N5O2/c1-22-11-6-2-9(3-7-11)12-8-13(12)14(21)16-15-17-18-19-20(15)10-4-5-10/h2-3,6-7,10,12-13H,4-5,8H2,1H3,(H,16,17,19,21)/t12-,13+/m0/s1. The molecule has 2 aliphatic carbocycles. The van der Waals surface area contributed by atoms with Gasteiger partial charge in [0.2, 0.25) is 11.9 Å². The molecule has 1 N–H and O–H groups in total. The number of rotatable bonds is 5. The fourth-order valence-corrected chi connectivity index (χ4v) is 2.75. The van der Waals surface area contributed by atoms with Crippen LogP contribution in [0.3, 0.4) is 0 Å². The Kier molecular flexibility index (Phi) is 3.06. The van der Waals surface area contributed by atoms with E-state index < -0.39 is 0 Å². The van der Waals surface area contributed by atoms with Crippen LogP contribution in [0.15, 0.2) is 24.3 Å². The van der Waals surface area contributed by atoms with Crippen LogP contribution >= 0.6 is 0 Å². The summed E-state index contributed by atoms with van der Waals surface area (Å²) in [5.74, 6) is 1.56. The molecule has 1 aromatic heterocycles. The number of hydrogen-bond donors (Lipinski definition) is 1. The van der Waals surface area contributed by atoms with Gasteiger partial charge >= 0.3 is 0 Å². The van der Waals surface area contributed by atoms with Gasteiger partial charge in [0.05, 0.1) is 13.2 Å². The number of nitrogens with one attached hydrogen (secondary N) is 1. The van der Waals surface area contributed by atoms with Crippen molar-refractivity contribution < 1.29 is 9.53 Å². The van der Waals surface area contributed by atoms with Crippen LogP contribution in [-0.4, -0.2) is 33.2 Å². The normalized spacial score (nSPS) is 23.1. The number of methoxy groups -OCH3 is 1. The first kappa shape index (κ1) is 13.2. The van der Waals surface area contributed by atoms with E-state index >= 15 is 0 Å². The highest BCUT2D eigenvalue weighted by molar-refractivity contribution is 5.93. The molecule has 0 bridgehead atoms. The SMILES string of the molecule is COc1ccc([C@@H]2C[C@H]2C(=O)Nc2nnnn2C2CC2)cc1. The minimum Gasteiger partial charge on any atom is -0.497 e. The number of amides is 1. The van der Waals surface area contributed by atoms with Crippen molar-refractivity contribution in [3.8, 4) is 5.75 Å². The van der Waals surface area contributed by atoms with E-state index in [1.54, 1.807) is 11.8 Å². The highest BCUT2D eigenvalue weighted by Gasteiger charge is 2.44. The lowest BCUT2D eigenvalue weighted by atomic mass is 10.1.